The van der Waals surface area contributed by atoms with Gasteiger partial charge < -0.3 is 18.9 Å². The molecule has 0 N–H and O–H groups in total. The van der Waals surface area contributed by atoms with Crippen molar-refractivity contribution in [1.82, 2.24) is 14.4 Å². The number of hydrogen-bond donors (Lipinski definition) is 0. The molecule has 1 aromatic carbocycles. The van der Waals surface area contributed by atoms with E-state index in [-0.39, 0.29) is 12.5 Å². The Morgan fingerprint density at radius 1 is 1.22 bits per heavy atom. The van der Waals surface area contributed by atoms with Crippen LogP contribution >= 0.6 is 0 Å². The first-order chi connectivity index (χ1) is 11.1. The number of ether oxygens (including phenoxy) is 4. The van der Waals surface area contributed by atoms with Crippen LogP contribution in [0.4, 0.5) is 0 Å². The van der Waals surface area contributed by atoms with E-state index in [1.807, 2.05) is 0 Å². The summed E-state index contributed by atoms with van der Waals surface area (Å²) in [5.74, 6) is -0.321. The second-order valence-corrected chi connectivity index (χ2v) is 7.17. The molecule has 9 nitrogen and oxygen atoms in total. The van der Waals surface area contributed by atoms with Crippen LogP contribution in [0, 0.1) is 0 Å². The molecule has 0 spiro atoms. The molecular weight excluding hydrogens is 326 g/mol. The molecular formula is C13H15N3O6S. The molecule has 4 atom stereocenters. The normalized spacial score (nSPS) is 30.8. The Kier molecular flexibility index (Phi) is 3.58. The highest BCUT2D eigenvalue weighted by Gasteiger charge is 2.51. The average molecular weight is 341 g/mol. The molecule has 0 unspecified atom stereocenters. The minimum atomic E-state index is -3.80. The van der Waals surface area contributed by atoms with Crippen LogP contribution in [0.3, 0.4) is 0 Å². The average Bonchev–Trinajstić information content (AvgIpc) is 3.22. The quantitative estimate of drug-likeness (QED) is 0.748. The lowest BCUT2D eigenvalue weighted by atomic mass is 10.2. The van der Waals surface area contributed by atoms with Gasteiger partial charge in [0.1, 0.15) is 41.9 Å². The lowest BCUT2D eigenvalue weighted by Gasteiger charge is -2.15. The summed E-state index contributed by atoms with van der Waals surface area (Å²) >= 11 is 0. The Balaban J connectivity index is 1.60. The maximum absolute atomic E-state index is 12.6. The summed E-state index contributed by atoms with van der Waals surface area (Å²) in [7, 11) is -2.32. The molecule has 0 amide bonds. The third-order valence-electron chi connectivity index (χ3n) is 3.91. The molecule has 0 saturated carbocycles. The van der Waals surface area contributed by atoms with E-state index in [9.17, 15) is 8.42 Å². The standard InChI is InChI=1S/C13H15N3O6S/c1-19-13-12-11(20-7-21-12)10(22-13)6-23(17,18)16-14-8-4-2-3-5-9(8)15-16/h2-5,10-13H,6-7H2,1H3/t10-,11-,12-,13-/m1/s1. The lowest BCUT2D eigenvalue weighted by Crippen LogP contribution is -2.36. The van der Waals surface area contributed by atoms with Crippen LogP contribution in [-0.4, -0.2) is 67.1 Å². The number of benzene rings is 1. The maximum Gasteiger partial charge on any atom is 0.272 e. The summed E-state index contributed by atoms with van der Waals surface area (Å²) in [6.45, 7) is 0.0962. The third-order valence-corrected chi connectivity index (χ3v) is 5.32. The van der Waals surface area contributed by atoms with Gasteiger partial charge in [-0.25, -0.2) is 8.42 Å². The van der Waals surface area contributed by atoms with Gasteiger partial charge in [-0.1, -0.05) is 16.3 Å². The van der Waals surface area contributed by atoms with Crippen molar-refractivity contribution in [1.29, 1.82) is 0 Å². The van der Waals surface area contributed by atoms with Crippen molar-refractivity contribution in [2.45, 2.75) is 24.6 Å². The van der Waals surface area contributed by atoms with Gasteiger partial charge in [-0.05, 0) is 12.1 Å². The SMILES string of the molecule is CO[C@@H]1O[C@H](CS(=O)(=O)n2nc3ccccc3n2)[C@H]2OCO[C@@H]12. The van der Waals surface area contributed by atoms with E-state index in [1.165, 1.54) is 7.11 Å². The van der Waals surface area contributed by atoms with E-state index in [4.69, 9.17) is 18.9 Å². The molecule has 23 heavy (non-hydrogen) atoms. The van der Waals surface area contributed by atoms with Crippen LogP contribution in [0.15, 0.2) is 24.3 Å². The van der Waals surface area contributed by atoms with Crippen molar-refractivity contribution in [3.63, 3.8) is 0 Å². The smallest absolute Gasteiger partial charge is 0.272 e. The number of aromatic nitrogens is 3. The fourth-order valence-corrected chi connectivity index (χ4v) is 4.07. The number of hydrogen-bond acceptors (Lipinski definition) is 8. The van der Waals surface area contributed by atoms with E-state index in [1.54, 1.807) is 24.3 Å². The zero-order valence-corrected chi connectivity index (χ0v) is 13.0. The molecule has 0 aliphatic carbocycles. The molecule has 2 aliphatic rings. The van der Waals surface area contributed by atoms with Gasteiger partial charge >= 0.3 is 0 Å². The second kappa shape index (κ2) is 5.49. The molecule has 0 radical (unpaired) electrons. The molecule has 2 saturated heterocycles. The van der Waals surface area contributed by atoms with Crippen LogP contribution in [0.2, 0.25) is 0 Å². The first kappa shape index (κ1) is 15.0. The first-order valence-electron chi connectivity index (χ1n) is 7.05. The van der Waals surface area contributed by atoms with E-state index in [0.29, 0.717) is 11.0 Å². The van der Waals surface area contributed by atoms with E-state index in [2.05, 4.69) is 10.2 Å². The van der Waals surface area contributed by atoms with Gasteiger partial charge in [-0.3, -0.25) is 0 Å². The fourth-order valence-electron chi connectivity index (χ4n) is 2.83. The van der Waals surface area contributed by atoms with Crippen LogP contribution in [0.25, 0.3) is 11.0 Å². The molecule has 2 fully saturated rings. The zero-order valence-electron chi connectivity index (χ0n) is 12.2. The van der Waals surface area contributed by atoms with Crippen molar-refractivity contribution in [2.75, 3.05) is 19.7 Å². The maximum atomic E-state index is 12.6. The third kappa shape index (κ3) is 2.52. The summed E-state index contributed by atoms with van der Waals surface area (Å²) in [5, 5.41) is 8.02. The van der Waals surface area contributed by atoms with Gasteiger partial charge in [0, 0.05) is 7.11 Å². The molecule has 10 heteroatoms. The number of fused-ring (bicyclic) bond motifs is 2. The van der Waals surface area contributed by atoms with Gasteiger partial charge in [0.15, 0.2) is 6.29 Å². The molecule has 4 rings (SSSR count). The number of methoxy groups -OCH3 is 1. The van der Waals surface area contributed by atoms with Gasteiger partial charge in [0.2, 0.25) is 0 Å². The van der Waals surface area contributed by atoms with Crippen LogP contribution in [0.5, 0.6) is 0 Å². The van der Waals surface area contributed by atoms with Gasteiger partial charge in [-0.2, -0.15) is 0 Å². The summed E-state index contributed by atoms with van der Waals surface area (Å²) < 4.78 is 47.4. The minimum absolute atomic E-state index is 0.0962. The molecule has 124 valence electrons. The Morgan fingerprint density at radius 3 is 2.52 bits per heavy atom. The van der Waals surface area contributed by atoms with Crippen LogP contribution < -0.4 is 0 Å². The highest BCUT2D eigenvalue weighted by atomic mass is 32.2. The van der Waals surface area contributed by atoms with E-state index >= 15 is 0 Å². The summed E-state index contributed by atoms with van der Waals surface area (Å²) in [6, 6.07) is 6.94. The lowest BCUT2D eigenvalue weighted by molar-refractivity contribution is -0.168. The Morgan fingerprint density at radius 2 is 1.87 bits per heavy atom. The fraction of sp³-hybridized carbons (Fsp3) is 0.538. The molecule has 2 aliphatic heterocycles. The largest absolute Gasteiger partial charge is 0.353 e. The Labute approximate surface area is 132 Å². The van der Waals surface area contributed by atoms with Crippen molar-refractivity contribution >= 4 is 21.1 Å². The topological polar surface area (TPSA) is 102 Å². The van der Waals surface area contributed by atoms with Crippen molar-refractivity contribution in [2.24, 2.45) is 0 Å². The molecule has 1 aromatic heterocycles. The Hall–Kier alpha value is -1.59. The number of rotatable bonds is 4. The van der Waals surface area contributed by atoms with Gasteiger partial charge in [0.05, 0.1) is 0 Å². The molecule has 0 bridgehead atoms. The Bertz CT molecular complexity index is 789. The van der Waals surface area contributed by atoms with Crippen LogP contribution in [0.1, 0.15) is 0 Å². The first-order valence-corrected chi connectivity index (χ1v) is 8.66. The predicted octanol–water partition coefficient (Wildman–Crippen LogP) is -0.278. The van der Waals surface area contributed by atoms with Gasteiger partial charge in [0.25, 0.3) is 10.0 Å². The summed E-state index contributed by atoms with van der Waals surface area (Å²) in [4.78, 5) is 0. The van der Waals surface area contributed by atoms with E-state index < -0.39 is 34.6 Å². The predicted molar refractivity (Wildman–Crippen MR) is 77.0 cm³/mol. The summed E-state index contributed by atoms with van der Waals surface area (Å²) in [5.41, 5.74) is 1.02. The van der Waals surface area contributed by atoms with E-state index in [0.717, 1.165) is 4.20 Å². The minimum Gasteiger partial charge on any atom is -0.353 e. The molecule has 3 heterocycles. The molecule has 2 aromatic rings. The zero-order chi connectivity index (χ0) is 16.0. The highest BCUT2D eigenvalue weighted by Crippen LogP contribution is 2.32. The summed E-state index contributed by atoms with van der Waals surface area (Å²) in [6.07, 6.45) is -2.26. The highest BCUT2D eigenvalue weighted by molar-refractivity contribution is 7.89. The van der Waals surface area contributed by atoms with Crippen molar-refractivity contribution in [3.05, 3.63) is 24.3 Å². The van der Waals surface area contributed by atoms with Crippen molar-refractivity contribution < 1.29 is 27.4 Å². The monoisotopic (exact) mass is 341 g/mol. The number of nitrogens with zero attached hydrogens (tertiary/aromatic N) is 3. The van der Waals surface area contributed by atoms with Gasteiger partial charge in [-0.15, -0.1) is 10.2 Å². The van der Waals surface area contributed by atoms with Crippen LogP contribution in [-0.2, 0) is 29.0 Å². The second-order valence-electron chi connectivity index (χ2n) is 5.35. The van der Waals surface area contributed by atoms with Crippen molar-refractivity contribution in [3.8, 4) is 0 Å².